The Labute approximate surface area is 102 Å². The number of ether oxygens (including phenoxy) is 1. The monoisotopic (exact) mass is 239 g/mol. The first kappa shape index (κ1) is 12.4. The Morgan fingerprint density at radius 3 is 2.41 bits per heavy atom. The van der Waals surface area contributed by atoms with Crippen LogP contribution in [0.2, 0.25) is 0 Å². The molecule has 0 N–H and O–H groups in total. The number of piperidine rings is 2. The third-order valence-electron chi connectivity index (χ3n) is 3.75. The van der Waals surface area contributed by atoms with Crippen LogP contribution in [0.3, 0.4) is 0 Å². The average Bonchev–Trinajstić information content (AvgIpc) is 2.28. The number of hydrogen-bond donors (Lipinski definition) is 0. The quantitative estimate of drug-likeness (QED) is 0.660. The van der Waals surface area contributed by atoms with E-state index in [2.05, 4.69) is 0 Å². The van der Waals surface area contributed by atoms with E-state index in [1.165, 1.54) is 0 Å². The van der Waals surface area contributed by atoms with Crippen molar-refractivity contribution in [1.82, 2.24) is 4.90 Å². The summed E-state index contributed by atoms with van der Waals surface area (Å²) in [5.41, 5.74) is -0.770. The van der Waals surface area contributed by atoms with Crippen LogP contribution in [0.5, 0.6) is 0 Å². The Kier molecular flexibility index (Phi) is 2.92. The Morgan fingerprint density at radius 2 is 1.94 bits per heavy atom. The van der Waals surface area contributed by atoms with Gasteiger partial charge in [0.05, 0.1) is 0 Å². The van der Waals surface area contributed by atoms with Gasteiger partial charge in [0.2, 0.25) is 0 Å². The predicted molar refractivity (Wildman–Crippen MR) is 63.7 cm³/mol. The van der Waals surface area contributed by atoms with E-state index in [1.54, 1.807) is 4.90 Å². The van der Waals surface area contributed by atoms with Gasteiger partial charge in [-0.3, -0.25) is 0 Å². The summed E-state index contributed by atoms with van der Waals surface area (Å²) in [6.07, 6.45) is 4.46. The summed E-state index contributed by atoms with van der Waals surface area (Å²) in [6.45, 7) is 6.13. The van der Waals surface area contributed by atoms with Crippen molar-refractivity contribution < 1.29 is 14.3 Å². The normalized spacial score (nSPS) is 32.4. The minimum Gasteiger partial charge on any atom is -0.444 e. The maximum Gasteiger partial charge on any atom is 0.410 e. The minimum absolute atomic E-state index is 0.270. The molecule has 0 unspecified atom stereocenters. The predicted octanol–water partition coefficient (Wildman–Crippen LogP) is 2.37. The van der Waals surface area contributed by atoms with Crippen LogP contribution in [0, 0.1) is 5.41 Å². The molecular weight excluding hydrogens is 218 g/mol. The van der Waals surface area contributed by atoms with Gasteiger partial charge in [-0.15, -0.1) is 0 Å². The smallest absolute Gasteiger partial charge is 0.410 e. The molecule has 4 nitrogen and oxygen atoms in total. The van der Waals surface area contributed by atoms with Crippen LogP contribution in [-0.2, 0) is 9.53 Å². The summed E-state index contributed by atoms with van der Waals surface area (Å²) in [5.74, 6) is 0. The summed E-state index contributed by atoms with van der Waals surface area (Å²) in [4.78, 5) is 25.0. The molecule has 0 radical (unpaired) electrons. The number of carbonyl (C=O) groups is 2. The van der Waals surface area contributed by atoms with E-state index < -0.39 is 5.60 Å². The second-order valence-electron chi connectivity index (χ2n) is 6.32. The molecule has 96 valence electrons. The molecule has 3 aliphatic rings. The molecule has 0 aromatic rings. The first-order chi connectivity index (χ1) is 7.85. The highest BCUT2D eigenvalue weighted by Crippen LogP contribution is 2.43. The molecule has 0 spiro atoms. The van der Waals surface area contributed by atoms with Crippen LogP contribution in [0.4, 0.5) is 4.79 Å². The lowest BCUT2D eigenvalue weighted by atomic mass is 9.69. The Bertz CT molecular complexity index is 324. The molecular formula is C13H21NO3. The highest BCUT2D eigenvalue weighted by atomic mass is 16.6. The van der Waals surface area contributed by atoms with Crippen molar-refractivity contribution in [2.45, 2.75) is 58.1 Å². The molecule has 2 heterocycles. The third kappa shape index (κ3) is 2.45. The van der Waals surface area contributed by atoms with Gasteiger partial charge in [0.1, 0.15) is 11.9 Å². The van der Waals surface area contributed by atoms with Gasteiger partial charge in [0.25, 0.3) is 0 Å². The molecule has 17 heavy (non-hydrogen) atoms. The fourth-order valence-corrected chi connectivity index (χ4v) is 2.80. The van der Waals surface area contributed by atoms with Gasteiger partial charge in [-0.25, -0.2) is 4.79 Å². The van der Waals surface area contributed by atoms with Gasteiger partial charge in [0, 0.05) is 18.0 Å². The maximum atomic E-state index is 12.0. The summed E-state index contributed by atoms with van der Waals surface area (Å²) in [6, 6.07) is 0.270. The molecule has 4 heteroatoms. The number of hydrogen-bond acceptors (Lipinski definition) is 3. The molecule has 0 atom stereocenters. The Morgan fingerprint density at radius 1 is 1.35 bits per heavy atom. The van der Waals surface area contributed by atoms with Crippen LogP contribution in [0.15, 0.2) is 0 Å². The van der Waals surface area contributed by atoms with Crippen molar-refractivity contribution in [3.8, 4) is 0 Å². The van der Waals surface area contributed by atoms with E-state index in [0.29, 0.717) is 6.54 Å². The van der Waals surface area contributed by atoms with Gasteiger partial charge < -0.3 is 14.4 Å². The number of amides is 1. The van der Waals surface area contributed by atoms with Crippen molar-refractivity contribution in [1.29, 1.82) is 0 Å². The number of aldehydes is 1. The first-order valence-corrected chi connectivity index (χ1v) is 6.31. The molecule has 2 saturated heterocycles. The van der Waals surface area contributed by atoms with Crippen LogP contribution in [-0.4, -0.2) is 35.5 Å². The van der Waals surface area contributed by atoms with Crippen LogP contribution in [0.25, 0.3) is 0 Å². The molecule has 1 saturated carbocycles. The van der Waals surface area contributed by atoms with Crippen LogP contribution < -0.4 is 0 Å². The topological polar surface area (TPSA) is 46.6 Å². The van der Waals surface area contributed by atoms with Gasteiger partial charge >= 0.3 is 6.09 Å². The van der Waals surface area contributed by atoms with Crippen LogP contribution in [0.1, 0.15) is 46.5 Å². The molecule has 1 aliphatic carbocycles. The molecule has 2 bridgehead atoms. The minimum atomic E-state index is -0.470. The second kappa shape index (κ2) is 4.00. The first-order valence-electron chi connectivity index (χ1n) is 6.31. The fraction of sp³-hybridized carbons (Fsp3) is 0.846. The number of fused-ring (bicyclic) bond motifs is 3. The lowest BCUT2D eigenvalue weighted by molar-refractivity contribution is -0.124. The molecule has 3 fully saturated rings. The summed E-state index contributed by atoms with van der Waals surface area (Å²) in [7, 11) is 0. The highest BCUT2D eigenvalue weighted by molar-refractivity contribution is 5.71. The second-order valence-corrected chi connectivity index (χ2v) is 6.32. The number of carbonyl (C=O) groups excluding carboxylic acids is 2. The Hall–Kier alpha value is -1.06. The fourth-order valence-electron chi connectivity index (χ4n) is 2.80. The van der Waals surface area contributed by atoms with E-state index in [9.17, 15) is 9.59 Å². The SMILES string of the molecule is CC(C)(C)OC(=O)N1CC2(C=O)CCC1CC2. The standard InChI is InChI=1S/C13H21NO3/c1-12(2,3)17-11(16)14-8-13(9-15)6-4-10(14)5-7-13/h9-10H,4-8H2,1-3H3. The summed E-state index contributed by atoms with van der Waals surface area (Å²) in [5, 5.41) is 0. The van der Waals surface area contributed by atoms with E-state index in [-0.39, 0.29) is 17.6 Å². The molecule has 1 amide bonds. The van der Waals surface area contributed by atoms with Crippen molar-refractivity contribution in [3.63, 3.8) is 0 Å². The van der Waals surface area contributed by atoms with Crippen molar-refractivity contribution in [2.75, 3.05) is 6.54 Å². The molecule has 0 aromatic carbocycles. The van der Waals surface area contributed by atoms with Gasteiger partial charge in [-0.05, 0) is 46.5 Å². The van der Waals surface area contributed by atoms with E-state index in [0.717, 1.165) is 32.0 Å². The lowest BCUT2D eigenvalue weighted by Gasteiger charge is -2.50. The number of nitrogens with zero attached hydrogens (tertiary/aromatic N) is 1. The molecule has 0 aromatic heterocycles. The zero-order valence-corrected chi connectivity index (χ0v) is 10.9. The van der Waals surface area contributed by atoms with Crippen molar-refractivity contribution in [3.05, 3.63) is 0 Å². The largest absolute Gasteiger partial charge is 0.444 e. The number of rotatable bonds is 1. The van der Waals surface area contributed by atoms with E-state index in [1.807, 2.05) is 20.8 Å². The molecule has 3 rings (SSSR count). The average molecular weight is 239 g/mol. The summed E-state index contributed by atoms with van der Waals surface area (Å²) < 4.78 is 5.39. The van der Waals surface area contributed by atoms with Crippen molar-refractivity contribution in [2.24, 2.45) is 5.41 Å². The van der Waals surface area contributed by atoms with Gasteiger partial charge in [-0.2, -0.15) is 0 Å². The van der Waals surface area contributed by atoms with Gasteiger partial charge in [0.15, 0.2) is 0 Å². The Balaban J connectivity index is 2.07. The molecule has 2 aliphatic heterocycles. The summed E-state index contributed by atoms with van der Waals surface area (Å²) >= 11 is 0. The van der Waals surface area contributed by atoms with E-state index in [4.69, 9.17) is 4.74 Å². The highest BCUT2D eigenvalue weighted by Gasteiger charge is 2.47. The van der Waals surface area contributed by atoms with E-state index >= 15 is 0 Å². The van der Waals surface area contributed by atoms with Gasteiger partial charge in [-0.1, -0.05) is 0 Å². The third-order valence-corrected chi connectivity index (χ3v) is 3.75. The van der Waals surface area contributed by atoms with Crippen molar-refractivity contribution >= 4 is 12.4 Å². The lowest BCUT2D eigenvalue weighted by Crippen LogP contribution is -2.57. The zero-order chi connectivity index (χ0) is 12.7. The maximum absolute atomic E-state index is 12.0. The zero-order valence-electron chi connectivity index (χ0n) is 10.9. The van der Waals surface area contributed by atoms with Crippen LogP contribution >= 0.6 is 0 Å².